The van der Waals surface area contributed by atoms with Crippen molar-refractivity contribution in [3.05, 3.63) is 0 Å². The van der Waals surface area contributed by atoms with E-state index in [1.54, 1.807) is 0 Å². The first-order valence-electron chi connectivity index (χ1n) is 9.19. The highest BCUT2D eigenvalue weighted by molar-refractivity contribution is 5.72. The molecule has 1 unspecified atom stereocenters. The molecule has 0 aromatic carbocycles. The van der Waals surface area contributed by atoms with Gasteiger partial charge in [0, 0.05) is 0 Å². The zero-order valence-corrected chi connectivity index (χ0v) is 15.7. The predicted octanol–water partition coefficient (Wildman–Crippen LogP) is 5.35. The van der Waals surface area contributed by atoms with Crippen LogP contribution in [0.15, 0.2) is 0 Å². The molecule has 0 aromatic heterocycles. The van der Waals surface area contributed by atoms with Crippen molar-refractivity contribution in [1.82, 2.24) is 0 Å². The Morgan fingerprint density at radius 1 is 1.09 bits per heavy atom. The summed E-state index contributed by atoms with van der Waals surface area (Å²) >= 11 is 0. The molecule has 0 spiro atoms. The highest BCUT2D eigenvalue weighted by atomic mass is 17.2. The quantitative estimate of drug-likeness (QED) is 0.352. The van der Waals surface area contributed by atoms with Crippen molar-refractivity contribution < 1.29 is 19.7 Å². The zero-order valence-electron chi connectivity index (χ0n) is 15.7. The summed E-state index contributed by atoms with van der Waals surface area (Å²) in [6.45, 7) is 10.6. The van der Waals surface area contributed by atoms with Crippen LogP contribution in [-0.2, 0) is 14.6 Å². The number of carboxylic acids is 1. The number of hydrogen-bond donors (Lipinski definition) is 1. The van der Waals surface area contributed by atoms with Gasteiger partial charge in [-0.1, -0.05) is 52.9 Å². The first-order chi connectivity index (χ1) is 10.6. The maximum atomic E-state index is 11.4. The second-order valence-corrected chi connectivity index (χ2v) is 8.75. The summed E-state index contributed by atoms with van der Waals surface area (Å²) in [7, 11) is 0. The molecule has 0 aromatic rings. The molecule has 1 rings (SSSR count). The molecule has 1 atom stereocenters. The van der Waals surface area contributed by atoms with E-state index in [2.05, 4.69) is 20.8 Å². The molecule has 0 bridgehead atoms. The van der Waals surface area contributed by atoms with E-state index in [4.69, 9.17) is 9.78 Å². The molecule has 0 amide bonds. The summed E-state index contributed by atoms with van der Waals surface area (Å²) in [6, 6.07) is 0. The van der Waals surface area contributed by atoms with E-state index in [1.807, 2.05) is 13.8 Å². The van der Waals surface area contributed by atoms with Gasteiger partial charge in [-0.05, 0) is 50.9 Å². The van der Waals surface area contributed by atoms with E-state index in [9.17, 15) is 9.90 Å². The fourth-order valence-electron chi connectivity index (χ4n) is 3.25. The minimum atomic E-state index is -0.930. The van der Waals surface area contributed by atoms with Gasteiger partial charge in [0.1, 0.15) is 5.60 Å². The van der Waals surface area contributed by atoms with Gasteiger partial charge in [0.25, 0.3) is 0 Å². The summed E-state index contributed by atoms with van der Waals surface area (Å²) in [6.07, 6.45) is 8.62. The number of unbranched alkanes of at least 4 members (excludes halogenated alkanes) is 1. The molecule has 1 aliphatic carbocycles. The number of carboxylic acid groups (broad SMARTS) is 1. The highest BCUT2D eigenvalue weighted by Gasteiger charge is 2.34. The zero-order chi connectivity index (χ0) is 17.5. The molecule has 136 valence electrons. The van der Waals surface area contributed by atoms with E-state index >= 15 is 0 Å². The Morgan fingerprint density at radius 2 is 1.70 bits per heavy atom. The summed E-state index contributed by atoms with van der Waals surface area (Å²) in [4.78, 5) is 22.3. The van der Waals surface area contributed by atoms with Crippen molar-refractivity contribution >= 4 is 5.97 Å². The van der Waals surface area contributed by atoms with Crippen LogP contribution in [0.1, 0.15) is 92.4 Å². The number of rotatable bonds is 9. The third kappa shape index (κ3) is 8.16. The summed E-state index contributed by atoms with van der Waals surface area (Å²) in [5.41, 5.74) is -0.126. The molecule has 4 heteroatoms. The van der Waals surface area contributed by atoms with Gasteiger partial charge in [-0.25, -0.2) is 14.6 Å². The van der Waals surface area contributed by atoms with Crippen LogP contribution in [0.4, 0.5) is 0 Å². The first kappa shape index (κ1) is 20.4. The van der Waals surface area contributed by atoms with E-state index in [0.717, 1.165) is 32.1 Å². The van der Waals surface area contributed by atoms with Gasteiger partial charge in [0.05, 0.1) is 0 Å². The third-order valence-electron chi connectivity index (χ3n) is 4.89. The molecular weight excluding hydrogens is 292 g/mol. The second-order valence-electron chi connectivity index (χ2n) is 8.75. The molecule has 1 fully saturated rings. The Labute approximate surface area is 141 Å². The van der Waals surface area contributed by atoms with E-state index in [-0.39, 0.29) is 0 Å². The molecule has 23 heavy (non-hydrogen) atoms. The van der Waals surface area contributed by atoms with E-state index < -0.39 is 17.7 Å². The van der Waals surface area contributed by atoms with Crippen molar-refractivity contribution in [2.75, 3.05) is 0 Å². The van der Waals surface area contributed by atoms with E-state index in [0.29, 0.717) is 17.8 Å². The predicted molar refractivity (Wildman–Crippen MR) is 92.2 cm³/mol. The van der Waals surface area contributed by atoms with Crippen LogP contribution in [0.2, 0.25) is 0 Å². The van der Waals surface area contributed by atoms with Crippen LogP contribution in [0.3, 0.4) is 0 Å². The molecular formula is C19H36O4. The maximum absolute atomic E-state index is 11.4. The highest BCUT2D eigenvalue weighted by Crippen LogP contribution is 2.35. The lowest BCUT2D eigenvalue weighted by Crippen LogP contribution is -2.38. The summed E-state index contributed by atoms with van der Waals surface area (Å²) < 4.78 is 0. The first-order valence-corrected chi connectivity index (χ1v) is 9.19. The van der Waals surface area contributed by atoms with Crippen LogP contribution < -0.4 is 0 Å². The minimum absolute atomic E-state index is 0.291. The lowest BCUT2D eigenvalue weighted by atomic mass is 9.79. The third-order valence-corrected chi connectivity index (χ3v) is 4.89. The van der Waals surface area contributed by atoms with Crippen LogP contribution in [-0.4, -0.2) is 22.8 Å². The SMILES string of the molecule is CC(C)(C)CCCCC(OOC(C)(C)C1CCCCC1)C(=O)O. The number of aliphatic carboxylic acids is 1. The van der Waals surface area contributed by atoms with Crippen LogP contribution in [0.5, 0.6) is 0 Å². The molecule has 0 radical (unpaired) electrons. The molecule has 4 nitrogen and oxygen atoms in total. The Hall–Kier alpha value is -0.610. The van der Waals surface area contributed by atoms with Gasteiger partial charge >= 0.3 is 5.97 Å². The monoisotopic (exact) mass is 328 g/mol. The minimum Gasteiger partial charge on any atom is -0.479 e. The largest absolute Gasteiger partial charge is 0.479 e. The lowest BCUT2D eigenvalue weighted by molar-refractivity contribution is -0.383. The van der Waals surface area contributed by atoms with Crippen molar-refractivity contribution in [2.24, 2.45) is 11.3 Å². The van der Waals surface area contributed by atoms with Crippen LogP contribution in [0, 0.1) is 11.3 Å². The smallest absolute Gasteiger partial charge is 0.336 e. The molecule has 1 N–H and O–H groups in total. The Kier molecular flexibility index (Phi) is 8.02. The molecule has 1 aliphatic rings. The van der Waals surface area contributed by atoms with Crippen molar-refractivity contribution in [3.8, 4) is 0 Å². The summed E-state index contributed by atoms with van der Waals surface area (Å²) in [5.74, 6) is -0.480. The fourth-order valence-corrected chi connectivity index (χ4v) is 3.25. The summed E-state index contributed by atoms with van der Waals surface area (Å²) in [5, 5.41) is 9.33. The molecule has 1 saturated carbocycles. The average molecular weight is 328 g/mol. The number of hydrogen-bond acceptors (Lipinski definition) is 3. The van der Waals surface area contributed by atoms with Crippen LogP contribution in [0.25, 0.3) is 0 Å². The Bertz CT molecular complexity index is 351. The average Bonchev–Trinajstić information content (AvgIpc) is 2.45. The maximum Gasteiger partial charge on any atom is 0.336 e. The van der Waals surface area contributed by atoms with Crippen molar-refractivity contribution in [2.45, 2.75) is 104 Å². The second kappa shape index (κ2) is 9.03. The normalized spacial score (nSPS) is 18.8. The van der Waals surface area contributed by atoms with Crippen LogP contribution >= 0.6 is 0 Å². The molecule has 0 aliphatic heterocycles. The standard InChI is InChI=1S/C19H36O4/c1-18(2,3)14-10-9-13-16(17(20)21)22-23-19(4,5)15-11-7-6-8-12-15/h15-16H,6-14H2,1-5H3,(H,20,21). The van der Waals surface area contributed by atoms with Crippen molar-refractivity contribution in [1.29, 1.82) is 0 Å². The van der Waals surface area contributed by atoms with Gasteiger partial charge in [-0.15, -0.1) is 0 Å². The lowest BCUT2D eigenvalue weighted by Gasteiger charge is -2.36. The Balaban J connectivity index is 2.38. The topological polar surface area (TPSA) is 55.8 Å². The van der Waals surface area contributed by atoms with Gasteiger partial charge in [-0.3, -0.25) is 0 Å². The van der Waals surface area contributed by atoms with Gasteiger partial charge in [0.15, 0.2) is 6.10 Å². The van der Waals surface area contributed by atoms with Gasteiger partial charge < -0.3 is 5.11 Å². The Morgan fingerprint density at radius 3 is 2.22 bits per heavy atom. The van der Waals surface area contributed by atoms with Crippen molar-refractivity contribution in [3.63, 3.8) is 0 Å². The molecule has 0 saturated heterocycles. The fraction of sp³-hybridized carbons (Fsp3) is 0.947. The molecule has 0 heterocycles. The number of carbonyl (C=O) groups is 1. The van der Waals surface area contributed by atoms with E-state index in [1.165, 1.54) is 19.3 Å². The van der Waals surface area contributed by atoms with Gasteiger partial charge in [0.2, 0.25) is 0 Å². The van der Waals surface area contributed by atoms with Gasteiger partial charge in [-0.2, -0.15) is 0 Å².